The minimum atomic E-state index is -0.0204. The van der Waals surface area contributed by atoms with Crippen molar-refractivity contribution in [2.75, 3.05) is 34.7 Å². The third-order valence-corrected chi connectivity index (χ3v) is 4.52. The molecule has 1 heterocycles. The van der Waals surface area contributed by atoms with Crippen LogP contribution in [0.1, 0.15) is 24.0 Å². The predicted octanol–water partition coefficient (Wildman–Crippen LogP) is 4.16. The van der Waals surface area contributed by atoms with Crippen molar-refractivity contribution >= 4 is 0 Å². The van der Waals surface area contributed by atoms with Gasteiger partial charge in [0, 0.05) is 17.5 Å². The summed E-state index contributed by atoms with van der Waals surface area (Å²) in [7, 11) is 4.79. The first-order valence-electron chi connectivity index (χ1n) is 8.60. The largest absolute Gasteiger partial charge is 0.493 e. The van der Waals surface area contributed by atoms with E-state index in [1.165, 1.54) is 0 Å². The van der Waals surface area contributed by atoms with E-state index >= 15 is 0 Å². The van der Waals surface area contributed by atoms with Gasteiger partial charge in [-0.1, -0.05) is 19.6 Å². The van der Waals surface area contributed by atoms with Gasteiger partial charge in [0.25, 0.3) is 0 Å². The Labute approximate surface area is 159 Å². The average molecular weight is 372 g/mol. The highest BCUT2D eigenvalue weighted by Gasteiger charge is 2.24. The number of ether oxygens (including phenoxy) is 6. The van der Waals surface area contributed by atoms with E-state index in [1.807, 2.05) is 24.3 Å². The third kappa shape index (κ3) is 3.60. The minimum Gasteiger partial charge on any atom is -0.493 e. The second-order valence-corrected chi connectivity index (χ2v) is 6.02. The average Bonchev–Trinajstić information content (AvgIpc) is 3.17. The summed E-state index contributed by atoms with van der Waals surface area (Å²) in [5, 5.41) is 0. The number of rotatable bonds is 8. The molecule has 0 N–H and O–H groups in total. The van der Waals surface area contributed by atoms with E-state index in [4.69, 9.17) is 28.4 Å². The van der Waals surface area contributed by atoms with E-state index in [0.717, 1.165) is 16.9 Å². The molecule has 0 saturated carbocycles. The molecule has 0 aromatic heterocycles. The maximum Gasteiger partial charge on any atom is 0.231 e. The van der Waals surface area contributed by atoms with Gasteiger partial charge in [0.15, 0.2) is 23.0 Å². The van der Waals surface area contributed by atoms with Crippen LogP contribution in [-0.4, -0.2) is 34.7 Å². The van der Waals surface area contributed by atoms with Crippen molar-refractivity contribution in [3.63, 3.8) is 0 Å². The number of fused-ring (bicyclic) bond motifs is 1. The maximum absolute atomic E-state index is 5.87. The maximum atomic E-state index is 5.87. The van der Waals surface area contributed by atoms with Crippen molar-refractivity contribution in [1.29, 1.82) is 0 Å². The van der Waals surface area contributed by atoms with Crippen LogP contribution in [0.15, 0.2) is 36.9 Å². The SMILES string of the molecule is C=CCOc1cc2c(cc1[C@H](C)c1cc(OC)c(OC)c(OC)c1)OCO2. The van der Waals surface area contributed by atoms with Gasteiger partial charge in [-0.05, 0) is 23.8 Å². The van der Waals surface area contributed by atoms with Crippen LogP contribution in [0.25, 0.3) is 0 Å². The van der Waals surface area contributed by atoms with Gasteiger partial charge in [-0.3, -0.25) is 0 Å². The van der Waals surface area contributed by atoms with Gasteiger partial charge in [-0.2, -0.15) is 0 Å². The molecule has 3 rings (SSSR count). The molecule has 0 spiro atoms. The van der Waals surface area contributed by atoms with Gasteiger partial charge in [-0.25, -0.2) is 0 Å². The molecule has 0 unspecified atom stereocenters. The highest BCUT2D eigenvalue weighted by atomic mass is 16.7. The Hall–Kier alpha value is -3.02. The zero-order valence-corrected chi connectivity index (χ0v) is 16.0. The normalized spacial score (nSPS) is 13.0. The molecule has 0 saturated heterocycles. The van der Waals surface area contributed by atoms with E-state index in [1.54, 1.807) is 27.4 Å². The highest BCUT2D eigenvalue weighted by molar-refractivity contribution is 5.58. The number of methoxy groups -OCH3 is 3. The van der Waals surface area contributed by atoms with Gasteiger partial charge >= 0.3 is 0 Å². The lowest BCUT2D eigenvalue weighted by Crippen LogP contribution is -2.04. The van der Waals surface area contributed by atoms with Crippen LogP contribution >= 0.6 is 0 Å². The van der Waals surface area contributed by atoms with Crippen LogP contribution in [0, 0.1) is 0 Å². The molecule has 1 aliphatic rings. The minimum absolute atomic E-state index is 0.0204. The van der Waals surface area contributed by atoms with E-state index in [9.17, 15) is 0 Å². The van der Waals surface area contributed by atoms with Gasteiger partial charge in [0.1, 0.15) is 12.4 Å². The quantitative estimate of drug-likeness (QED) is 0.649. The monoisotopic (exact) mass is 372 g/mol. The summed E-state index contributed by atoms with van der Waals surface area (Å²) in [6, 6.07) is 7.69. The Morgan fingerprint density at radius 3 is 2.15 bits per heavy atom. The molecule has 0 bridgehead atoms. The van der Waals surface area contributed by atoms with Gasteiger partial charge in [-0.15, -0.1) is 0 Å². The van der Waals surface area contributed by atoms with Gasteiger partial charge in [0.2, 0.25) is 12.5 Å². The number of benzene rings is 2. The van der Waals surface area contributed by atoms with Crippen molar-refractivity contribution in [2.24, 2.45) is 0 Å². The molecule has 0 radical (unpaired) electrons. The molecular weight excluding hydrogens is 348 g/mol. The standard InChI is InChI=1S/C21H24O6/c1-6-7-25-16-11-18-17(26-12-27-18)10-15(16)13(2)14-8-19(22-3)21(24-5)20(9-14)23-4/h6,8-11,13H,1,7,12H2,2-5H3/t13-/m1/s1. The molecule has 144 valence electrons. The molecule has 0 amide bonds. The lowest BCUT2D eigenvalue weighted by Gasteiger charge is -2.20. The molecule has 6 heteroatoms. The van der Waals surface area contributed by atoms with Crippen LogP contribution in [-0.2, 0) is 0 Å². The fourth-order valence-electron chi connectivity index (χ4n) is 3.08. The van der Waals surface area contributed by atoms with Crippen molar-refractivity contribution < 1.29 is 28.4 Å². The summed E-state index contributed by atoms with van der Waals surface area (Å²) in [6.07, 6.45) is 1.71. The van der Waals surface area contributed by atoms with E-state index in [-0.39, 0.29) is 12.7 Å². The fraction of sp³-hybridized carbons (Fsp3) is 0.333. The topological polar surface area (TPSA) is 55.4 Å². The molecule has 2 aromatic carbocycles. The van der Waals surface area contributed by atoms with Crippen molar-refractivity contribution in [2.45, 2.75) is 12.8 Å². The van der Waals surface area contributed by atoms with E-state index in [0.29, 0.717) is 35.4 Å². The second-order valence-electron chi connectivity index (χ2n) is 6.02. The van der Waals surface area contributed by atoms with Gasteiger partial charge in [0.05, 0.1) is 21.3 Å². The Morgan fingerprint density at radius 2 is 1.59 bits per heavy atom. The van der Waals surface area contributed by atoms with Crippen LogP contribution in [0.4, 0.5) is 0 Å². The zero-order valence-electron chi connectivity index (χ0n) is 16.0. The van der Waals surface area contributed by atoms with Crippen molar-refractivity contribution in [3.05, 3.63) is 48.0 Å². The summed E-state index contributed by atoms with van der Waals surface area (Å²) < 4.78 is 33.3. The van der Waals surface area contributed by atoms with Crippen molar-refractivity contribution in [3.8, 4) is 34.5 Å². The predicted molar refractivity (Wildman–Crippen MR) is 102 cm³/mol. The Balaban J connectivity index is 2.07. The first kappa shape index (κ1) is 18.8. The summed E-state index contributed by atoms with van der Waals surface area (Å²) in [6.45, 7) is 6.40. The first-order valence-corrected chi connectivity index (χ1v) is 8.60. The zero-order chi connectivity index (χ0) is 19.4. The number of hydrogen-bond acceptors (Lipinski definition) is 6. The molecule has 0 aliphatic carbocycles. The summed E-state index contributed by atoms with van der Waals surface area (Å²) >= 11 is 0. The van der Waals surface area contributed by atoms with Crippen LogP contribution in [0.2, 0.25) is 0 Å². The number of hydrogen-bond donors (Lipinski definition) is 0. The fourth-order valence-corrected chi connectivity index (χ4v) is 3.08. The molecule has 1 atom stereocenters. The summed E-state index contributed by atoms with van der Waals surface area (Å²) in [5.74, 6) is 3.85. The summed E-state index contributed by atoms with van der Waals surface area (Å²) in [5.41, 5.74) is 1.96. The Kier molecular flexibility index (Phi) is 5.64. The highest BCUT2D eigenvalue weighted by Crippen LogP contribution is 2.45. The van der Waals surface area contributed by atoms with Crippen molar-refractivity contribution in [1.82, 2.24) is 0 Å². The molecule has 0 fully saturated rings. The van der Waals surface area contributed by atoms with Crippen LogP contribution in [0.3, 0.4) is 0 Å². The lowest BCUT2D eigenvalue weighted by atomic mass is 9.91. The lowest BCUT2D eigenvalue weighted by molar-refractivity contribution is 0.174. The molecule has 2 aromatic rings. The van der Waals surface area contributed by atoms with Crippen LogP contribution < -0.4 is 28.4 Å². The summed E-state index contributed by atoms with van der Waals surface area (Å²) in [4.78, 5) is 0. The smallest absolute Gasteiger partial charge is 0.231 e. The van der Waals surface area contributed by atoms with E-state index in [2.05, 4.69) is 13.5 Å². The van der Waals surface area contributed by atoms with Crippen LogP contribution in [0.5, 0.6) is 34.5 Å². The van der Waals surface area contributed by atoms with E-state index < -0.39 is 0 Å². The molecule has 6 nitrogen and oxygen atoms in total. The van der Waals surface area contributed by atoms with Gasteiger partial charge < -0.3 is 28.4 Å². The molecule has 1 aliphatic heterocycles. The Morgan fingerprint density at radius 1 is 0.963 bits per heavy atom. The first-order chi connectivity index (χ1) is 13.1. The second kappa shape index (κ2) is 8.12. The molecular formula is C21H24O6. The molecule has 27 heavy (non-hydrogen) atoms. The Bertz CT molecular complexity index is 805. The third-order valence-electron chi connectivity index (χ3n) is 4.52.